The Balaban J connectivity index is -0.0000000833. The Labute approximate surface area is 65.0 Å². The van der Waals surface area contributed by atoms with Crippen LogP contribution in [0.1, 0.15) is 0 Å². The van der Waals surface area contributed by atoms with Crippen molar-refractivity contribution in [3.05, 3.63) is 45.2 Å². The van der Waals surface area contributed by atoms with Gasteiger partial charge in [0.05, 0.1) is 0 Å². The molecule has 1 rings (SSSR count). The molecule has 0 aliphatic rings. The monoisotopic (exact) mass is 198 g/mol. The van der Waals surface area contributed by atoms with Crippen LogP contribution in [0.3, 0.4) is 0 Å². The summed E-state index contributed by atoms with van der Waals surface area (Å²) in [7, 11) is 0. The summed E-state index contributed by atoms with van der Waals surface area (Å²) in [5.41, 5.74) is 0. The van der Waals surface area contributed by atoms with Crippen molar-refractivity contribution in [2.24, 2.45) is 0 Å². The van der Waals surface area contributed by atoms with Crippen molar-refractivity contribution in [3.8, 4) is 0 Å². The van der Waals surface area contributed by atoms with Gasteiger partial charge in [-0.25, -0.2) is 12.1 Å². The molecule has 0 bridgehead atoms. The smallest absolute Gasteiger partial charge is 0.358 e. The first kappa shape index (κ1) is 15.7. The van der Waals surface area contributed by atoms with Crippen LogP contribution in [-0.4, -0.2) is 0 Å². The quantitative estimate of drug-likeness (QED) is 0.443. The van der Waals surface area contributed by atoms with Gasteiger partial charge in [-0.15, -0.1) is 0 Å². The summed E-state index contributed by atoms with van der Waals surface area (Å²) in [6, 6.07) is 10.0. The van der Waals surface area contributed by atoms with E-state index in [0.717, 1.165) is 0 Å². The van der Waals surface area contributed by atoms with Gasteiger partial charge < -0.3 is 14.9 Å². The molecule has 0 saturated heterocycles. The van der Waals surface area contributed by atoms with Crippen molar-refractivity contribution in [1.29, 1.82) is 0 Å². The van der Waals surface area contributed by atoms with Gasteiger partial charge in [0.25, 0.3) is 0 Å². The fourth-order valence-corrected chi connectivity index (χ4v) is 0.321. The molecule has 0 heterocycles. The van der Waals surface area contributed by atoms with E-state index in [-0.39, 0.29) is 34.3 Å². The Kier molecular flexibility index (Phi) is 19.7. The molecular weight excluding hydrogens is 187 g/mol. The van der Waals surface area contributed by atoms with Gasteiger partial charge in [0, 0.05) is 0 Å². The second-order valence-corrected chi connectivity index (χ2v) is 0.962. The van der Waals surface area contributed by atoms with Crippen LogP contribution >= 0.6 is 0 Å². The molecule has 8 heavy (non-hydrogen) atoms. The van der Waals surface area contributed by atoms with E-state index in [1.807, 2.05) is 30.3 Å². The van der Waals surface area contributed by atoms with Crippen molar-refractivity contribution in [2.75, 3.05) is 0 Å². The normalized spacial score (nSPS) is 5.00. The molecule has 1 aromatic rings. The van der Waals surface area contributed by atoms with Crippen LogP contribution in [0.5, 0.6) is 0 Å². The third kappa shape index (κ3) is 5.97. The Bertz CT molecular complexity index is 60.9. The largest absolute Gasteiger partial charge is 3.00 e. The summed E-state index contributed by atoms with van der Waals surface area (Å²) in [4.78, 5) is 0. The van der Waals surface area contributed by atoms with Crippen LogP contribution in [0, 0.1) is 14.9 Å². The van der Waals surface area contributed by atoms with Crippen LogP contribution in [0.25, 0.3) is 0 Å². The van der Waals surface area contributed by atoms with Crippen LogP contribution in [0.15, 0.2) is 30.3 Å². The fraction of sp³-hybridized carbons (Fsp3) is 0. The summed E-state index contributed by atoms with van der Waals surface area (Å²) < 4.78 is 0. The van der Waals surface area contributed by atoms with Crippen LogP contribution in [0.4, 0.5) is 0 Å². The standard InChI is InChI=1S/C5H5.2CH3.Rh/c1-2-4-5-3-1;;;/h1-5H;2*1H3;/q3*-1;+3. The minimum atomic E-state index is 0. The zero-order valence-corrected chi connectivity index (χ0v) is 6.86. The van der Waals surface area contributed by atoms with Crippen LogP contribution < -0.4 is 0 Å². The summed E-state index contributed by atoms with van der Waals surface area (Å²) >= 11 is 0. The first-order chi connectivity index (χ1) is 2.50. The summed E-state index contributed by atoms with van der Waals surface area (Å²) in [5.74, 6) is 0. The fourth-order valence-electron chi connectivity index (χ4n) is 0.321. The van der Waals surface area contributed by atoms with E-state index in [1.54, 1.807) is 0 Å². The second kappa shape index (κ2) is 10.1. The van der Waals surface area contributed by atoms with Crippen molar-refractivity contribution < 1.29 is 19.5 Å². The average molecular weight is 198 g/mol. The van der Waals surface area contributed by atoms with Gasteiger partial charge in [0.15, 0.2) is 0 Å². The second-order valence-electron chi connectivity index (χ2n) is 0.962. The Hall–Kier alpha value is -0.0266. The minimum Gasteiger partial charge on any atom is -0.358 e. The first-order valence-electron chi connectivity index (χ1n) is 1.67. The van der Waals surface area contributed by atoms with Crippen molar-refractivity contribution in [2.45, 2.75) is 0 Å². The van der Waals surface area contributed by atoms with E-state index < -0.39 is 0 Å². The third-order valence-electron chi connectivity index (χ3n) is 0.556. The number of hydrogen-bond acceptors (Lipinski definition) is 0. The SMILES string of the molecule is [CH3-].[CH3-].[Rh+3].c1cc[cH-]c1. The molecule has 0 fully saturated rings. The van der Waals surface area contributed by atoms with Crippen molar-refractivity contribution >= 4 is 0 Å². The zero-order chi connectivity index (χ0) is 3.54. The molecule has 0 spiro atoms. The van der Waals surface area contributed by atoms with Gasteiger partial charge in [-0.05, 0) is 0 Å². The topological polar surface area (TPSA) is 0 Å². The van der Waals surface area contributed by atoms with Gasteiger partial charge in [0.1, 0.15) is 0 Å². The van der Waals surface area contributed by atoms with Gasteiger partial charge >= 0.3 is 19.5 Å². The molecule has 1 heteroatoms. The van der Waals surface area contributed by atoms with Crippen LogP contribution in [-0.2, 0) is 19.5 Å². The number of rotatable bonds is 0. The van der Waals surface area contributed by atoms with E-state index in [2.05, 4.69) is 0 Å². The minimum absolute atomic E-state index is 0. The summed E-state index contributed by atoms with van der Waals surface area (Å²) in [5, 5.41) is 0. The Morgan fingerprint density at radius 2 is 1.25 bits per heavy atom. The van der Waals surface area contributed by atoms with E-state index in [4.69, 9.17) is 0 Å². The van der Waals surface area contributed by atoms with E-state index >= 15 is 0 Å². The molecule has 48 valence electrons. The van der Waals surface area contributed by atoms with E-state index in [0.29, 0.717) is 0 Å². The van der Waals surface area contributed by atoms with Gasteiger partial charge in [-0.2, -0.15) is 18.2 Å². The van der Waals surface area contributed by atoms with E-state index in [1.165, 1.54) is 0 Å². The first-order valence-corrected chi connectivity index (χ1v) is 1.67. The summed E-state index contributed by atoms with van der Waals surface area (Å²) in [6.45, 7) is 0. The maximum Gasteiger partial charge on any atom is 3.00 e. The van der Waals surface area contributed by atoms with Gasteiger partial charge in [0.2, 0.25) is 0 Å². The zero-order valence-electron chi connectivity index (χ0n) is 5.22. The van der Waals surface area contributed by atoms with E-state index in [9.17, 15) is 0 Å². The molecule has 0 unspecified atom stereocenters. The third-order valence-corrected chi connectivity index (χ3v) is 0.556. The molecule has 0 nitrogen and oxygen atoms in total. The molecule has 0 N–H and O–H groups in total. The predicted molar refractivity (Wildman–Crippen MR) is 34.9 cm³/mol. The Morgan fingerprint density at radius 3 is 1.38 bits per heavy atom. The molecule has 0 aliphatic heterocycles. The molecule has 0 amide bonds. The maximum absolute atomic E-state index is 2.00. The molecule has 1 aromatic carbocycles. The predicted octanol–water partition coefficient (Wildman–Crippen LogP) is 2.30. The number of hydrogen-bond donors (Lipinski definition) is 0. The summed E-state index contributed by atoms with van der Waals surface area (Å²) in [6.07, 6.45) is 0. The van der Waals surface area contributed by atoms with Gasteiger partial charge in [-0.1, -0.05) is 0 Å². The average Bonchev–Trinajstić information content (AvgIpc) is 1.76. The van der Waals surface area contributed by atoms with Gasteiger partial charge in [-0.3, -0.25) is 0 Å². The molecule has 0 atom stereocenters. The molecule has 0 aliphatic carbocycles. The molecule has 0 aromatic heterocycles. The van der Waals surface area contributed by atoms with Crippen LogP contribution in [0.2, 0.25) is 0 Å². The Morgan fingerprint density at radius 1 is 0.875 bits per heavy atom. The molecular formula is C7H11Rh. The molecule has 0 saturated carbocycles. The maximum atomic E-state index is 2.00. The van der Waals surface area contributed by atoms with Crippen molar-refractivity contribution in [1.82, 2.24) is 0 Å². The van der Waals surface area contributed by atoms with Crippen molar-refractivity contribution in [3.63, 3.8) is 0 Å². The molecule has 0 radical (unpaired) electrons.